The van der Waals surface area contributed by atoms with E-state index in [1.807, 2.05) is 6.92 Å². The van der Waals surface area contributed by atoms with Crippen LogP contribution in [0.25, 0.3) is 0 Å². The van der Waals surface area contributed by atoms with E-state index in [0.29, 0.717) is 6.42 Å². The fourth-order valence-electron chi connectivity index (χ4n) is 1.14. The van der Waals surface area contributed by atoms with E-state index in [1.54, 1.807) is 0 Å². The van der Waals surface area contributed by atoms with Crippen LogP contribution in [0, 0.1) is 0 Å². The Morgan fingerprint density at radius 1 is 1.13 bits per heavy atom. The summed E-state index contributed by atoms with van der Waals surface area (Å²) in [6.07, 6.45) is 2.48. The summed E-state index contributed by atoms with van der Waals surface area (Å²) in [5.74, 6) is -0.784. The molecule has 0 aliphatic carbocycles. The average molecular weight is 257 g/mol. The smallest absolute Gasteiger partial charge is 0.152 e. The highest BCUT2D eigenvalue weighted by Crippen LogP contribution is 2.00. The van der Waals surface area contributed by atoms with Crippen LogP contribution in [0.5, 0.6) is 0 Å². The predicted molar refractivity (Wildman–Crippen MR) is 61.2 cm³/mol. The first-order valence-electron chi connectivity index (χ1n) is 4.80. The summed E-state index contributed by atoms with van der Waals surface area (Å²) in [6.45, 7) is 1.92. The van der Waals surface area contributed by atoms with E-state index >= 15 is 0 Å². The summed E-state index contributed by atoms with van der Waals surface area (Å²) in [7, 11) is -6.57. The molecule has 0 fully saturated rings. The van der Waals surface area contributed by atoms with Crippen molar-refractivity contribution in [1.82, 2.24) is 0 Å². The van der Waals surface area contributed by atoms with Crippen molar-refractivity contribution in [3.63, 3.8) is 0 Å². The van der Waals surface area contributed by atoms with Gasteiger partial charge in [0.1, 0.15) is 9.84 Å². The first kappa shape index (κ1) is 14.9. The minimum absolute atomic E-state index is 0.129. The van der Waals surface area contributed by atoms with E-state index < -0.39 is 19.7 Å². The first-order chi connectivity index (χ1) is 6.66. The highest BCUT2D eigenvalue weighted by atomic mass is 32.2. The van der Waals surface area contributed by atoms with Crippen molar-refractivity contribution in [2.75, 3.05) is 23.5 Å². The molecule has 15 heavy (non-hydrogen) atoms. The third-order valence-corrected chi connectivity index (χ3v) is 4.86. The van der Waals surface area contributed by atoms with Gasteiger partial charge in [-0.1, -0.05) is 13.3 Å². The lowest BCUT2D eigenvalue weighted by Gasteiger charge is -2.10. The Bertz CT molecular complexity index is 371. The van der Waals surface area contributed by atoms with Crippen LogP contribution in [0.1, 0.15) is 19.8 Å². The Kier molecular flexibility index (Phi) is 5.76. The van der Waals surface area contributed by atoms with Crippen molar-refractivity contribution >= 4 is 19.7 Å². The lowest BCUT2D eigenvalue weighted by Crippen LogP contribution is -2.32. The summed E-state index contributed by atoms with van der Waals surface area (Å²) in [5, 5.41) is 0. The average Bonchev–Trinajstić information content (AvgIpc) is 1.99. The zero-order valence-corrected chi connectivity index (χ0v) is 10.8. The molecule has 2 N–H and O–H groups in total. The van der Waals surface area contributed by atoms with Gasteiger partial charge >= 0.3 is 0 Å². The molecule has 1 atom stereocenters. The van der Waals surface area contributed by atoms with E-state index in [1.165, 1.54) is 0 Å². The van der Waals surface area contributed by atoms with Crippen LogP contribution < -0.4 is 5.73 Å². The lowest BCUT2D eigenvalue weighted by molar-refractivity contribution is 0.575. The summed E-state index contributed by atoms with van der Waals surface area (Å²) < 4.78 is 44.4. The van der Waals surface area contributed by atoms with Crippen LogP contribution in [0.2, 0.25) is 0 Å². The number of hydrogen-bond acceptors (Lipinski definition) is 5. The SMILES string of the molecule is CCCC(N)CS(=O)(=O)CCS(C)(=O)=O. The molecule has 5 nitrogen and oxygen atoms in total. The van der Waals surface area contributed by atoms with Gasteiger partial charge in [0.25, 0.3) is 0 Å². The topological polar surface area (TPSA) is 94.3 Å². The van der Waals surface area contributed by atoms with Crippen molar-refractivity contribution < 1.29 is 16.8 Å². The zero-order chi connectivity index (χ0) is 12.1. The fraction of sp³-hybridized carbons (Fsp3) is 1.00. The van der Waals surface area contributed by atoms with E-state index in [-0.39, 0.29) is 23.3 Å². The number of nitrogens with two attached hydrogens (primary N) is 1. The summed E-state index contributed by atoms with van der Waals surface area (Å²) >= 11 is 0. The second kappa shape index (κ2) is 5.81. The number of sulfone groups is 2. The van der Waals surface area contributed by atoms with Crippen molar-refractivity contribution in [2.24, 2.45) is 5.73 Å². The van der Waals surface area contributed by atoms with Crippen LogP contribution in [-0.4, -0.2) is 46.4 Å². The van der Waals surface area contributed by atoms with Gasteiger partial charge in [-0.25, -0.2) is 16.8 Å². The Labute approximate surface area is 91.9 Å². The van der Waals surface area contributed by atoms with Gasteiger partial charge in [0.05, 0.1) is 17.3 Å². The van der Waals surface area contributed by atoms with Gasteiger partial charge in [0.2, 0.25) is 0 Å². The molecule has 0 saturated heterocycles. The van der Waals surface area contributed by atoms with Gasteiger partial charge in [-0.2, -0.15) is 0 Å². The molecule has 0 aromatic carbocycles. The van der Waals surface area contributed by atoms with Gasteiger partial charge < -0.3 is 5.73 Å². The molecule has 0 aliphatic rings. The zero-order valence-electron chi connectivity index (χ0n) is 9.14. The molecule has 0 radical (unpaired) electrons. The maximum atomic E-state index is 11.4. The largest absolute Gasteiger partial charge is 0.327 e. The first-order valence-corrected chi connectivity index (χ1v) is 8.68. The molecule has 0 heterocycles. The summed E-state index contributed by atoms with van der Waals surface area (Å²) in [5.41, 5.74) is 5.58. The molecule has 0 bridgehead atoms. The molecule has 0 spiro atoms. The number of hydrogen-bond donors (Lipinski definition) is 1. The van der Waals surface area contributed by atoms with Gasteiger partial charge in [0, 0.05) is 12.3 Å². The van der Waals surface area contributed by atoms with Gasteiger partial charge in [-0.05, 0) is 6.42 Å². The maximum Gasteiger partial charge on any atom is 0.152 e. The molecule has 0 rings (SSSR count). The highest BCUT2D eigenvalue weighted by molar-refractivity contribution is 7.94. The standard InChI is InChI=1S/C8H19NO4S2/c1-3-4-8(9)7-15(12,13)6-5-14(2,10)11/h8H,3-7,9H2,1-2H3. The Morgan fingerprint density at radius 2 is 1.67 bits per heavy atom. The molecular weight excluding hydrogens is 238 g/mol. The molecule has 1 unspecified atom stereocenters. The third-order valence-electron chi connectivity index (χ3n) is 1.89. The molecule has 7 heteroatoms. The highest BCUT2D eigenvalue weighted by Gasteiger charge is 2.17. The Balaban J connectivity index is 4.21. The van der Waals surface area contributed by atoms with Crippen molar-refractivity contribution in [3.05, 3.63) is 0 Å². The molecule has 0 aliphatic heterocycles. The van der Waals surface area contributed by atoms with Crippen LogP contribution in [0.4, 0.5) is 0 Å². The van der Waals surface area contributed by atoms with Crippen LogP contribution >= 0.6 is 0 Å². The minimum Gasteiger partial charge on any atom is -0.327 e. The quantitative estimate of drug-likeness (QED) is 0.668. The molecular formula is C8H19NO4S2. The monoisotopic (exact) mass is 257 g/mol. The van der Waals surface area contributed by atoms with Crippen LogP contribution in [0.3, 0.4) is 0 Å². The fourth-order valence-corrected chi connectivity index (χ4v) is 4.35. The van der Waals surface area contributed by atoms with E-state index in [0.717, 1.165) is 12.7 Å². The molecule has 92 valence electrons. The van der Waals surface area contributed by atoms with Gasteiger partial charge in [-0.3, -0.25) is 0 Å². The van der Waals surface area contributed by atoms with Crippen LogP contribution in [0.15, 0.2) is 0 Å². The second-order valence-electron chi connectivity index (χ2n) is 3.79. The third kappa shape index (κ3) is 8.83. The van der Waals surface area contributed by atoms with Crippen LogP contribution in [-0.2, 0) is 19.7 Å². The maximum absolute atomic E-state index is 11.4. The van der Waals surface area contributed by atoms with Crippen molar-refractivity contribution in [1.29, 1.82) is 0 Å². The Hall–Kier alpha value is -0.140. The molecule has 0 aromatic heterocycles. The van der Waals surface area contributed by atoms with E-state index in [4.69, 9.17) is 5.73 Å². The Morgan fingerprint density at radius 3 is 2.07 bits per heavy atom. The lowest BCUT2D eigenvalue weighted by atomic mass is 10.2. The van der Waals surface area contributed by atoms with Crippen molar-refractivity contribution in [3.8, 4) is 0 Å². The molecule has 0 saturated carbocycles. The van der Waals surface area contributed by atoms with E-state index in [9.17, 15) is 16.8 Å². The van der Waals surface area contributed by atoms with E-state index in [2.05, 4.69) is 0 Å². The van der Waals surface area contributed by atoms with Crippen molar-refractivity contribution in [2.45, 2.75) is 25.8 Å². The summed E-state index contributed by atoms with van der Waals surface area (Å²) in [6, 6.07) is -0.389. The van der Waals surface area contributed by atoms with Gasteiger partial charge in [-0.15, -0.1) is 0 Å². The van der Waals surface area contributed by atoms with Gasteiger partial charge in [0.15, 0.2) is 9.84 Å². The minimum atomic E-state index is -3.34. The number of rotatable bonds is 7. The summed E-state index contributed by atoms with van der Waals surface area (Å²) in [4.78, 5) is 0. The second-order valence-corrected chi connectivity index (χ2v) is 8.28. The molecule has 0 aromatic rings. The predicted octanol–water partition coefficient (Wildman–Crippen LogP) is -0.427. The normalized spacial score (nSPS) is 15.1. The molecule has 0 amide bonds.